The van der Waals surface area contributed by atoms with Crippen LogP contribution in [0.25, 0.3) is 10.1 Å². The van der Waals surface area contributed by atoms with Gasteiger partial charge in [-0.1, -0.05) is 0 Å². The van der Waals surface area contributed by atoms with Crippen LogP contribution in [0.1, 0.15) is 0 Å². The molecule has 2 rings (SSSR count). The first-order valence-corrected chi connectivity index (χ1v) is 6.16. The van der Waals surface area contributed by atoms with Gasteiger partial charge in [0.1, 0.15) is 5.82 Å². The standard InChI is InChI=1S/C10H9FOS2/c1-12-8-9-6(3-4-14-9)5-7(11)10(8)13-2/h3-5H,1-2H3. The Morgan fingerprint density at radius 2 is 2.29 bits per heavy atom. The molecule has 0 N–H and O–H groups in total. The van der Waals surface area contributed by atoms with Crippen molar-refractivity contribution in [2.45, 2.75) is 4.90 Å². The summed E-state index contributed by atoms with van der Waals surface area (Å²) in [6.45, 7) is 0. The zero-order chi connectivity index (χ0) is 10.1. The van der Waals surface area contributed by atoms with E-state index < -0.39 is 0 Å². The van der Waals surface area contributed by atoms with Crippen LogP contribution in [-0.2, 0) is 0 Å². The predicted molar refractivity (Wildman–Crippen MR) is 60.1 cm³/mol. The Balaban J connectivity index is 2.82. The van der Waals surface area contributed by atoms with E-state index in [9.17, 15) is 4.39 Å². The second-order valence-electron chi connectivity index (χ2n) is 2.76. The molecule has 0 radical (unpaired) electrons. The Hall–Kier alpha value is -0.740. The third-order valence-electron chi connectivity index (χ3n) is 2.02. The number of halogens is 1. The minimum absolute atomic E-state index is 0.208. The van der Waals surface area contributed by atoms with Crippen LogP contribution in [0.3, 0.4) is 0 Å². The highest BCUT2D eigenvalue weighted by atomic mass is 32.2. The van der Waals surface area contributed by atoms with E-state index in [-0.39, 0.29) is 5.82 Å². The van der Waals surface area contributed by atoms with Crippen LogP contribution in [-0.4, -0.2) is 13.4 Å². The van der Waals surface area contributed by atoms with Gasteiger partial charge in [0.05, 0.1) is 16.7 Å². The third-order valence-corrected chi connectivity index (χ3v) is 3.73. The van der Waals surface area contributed by atoms with Gasteiger partial charge in [-0.3, -0.25) is 0 Å². The first kappa shape index (κ1) is 9.80. The maximum Gasteiger partial charge on any atom is 0.153 e. The molecule has 1 aromatic carbocycles. The fourth-order valence-corrected chi connectivity index (χ4v) is 3.00. The molecule has 0 atom stereocenters. The van der Waals surface area contributed by atoms with E-state index in [1.54, 1.807) is 24.5 Å². The van der Waals surface area contributed by atoms with Crippen molar-refractivity contribution in [3.05, 3.63) is 23.3 Å². The number of ether oxygens (including phenoxy) is 1. The molecule has 74 valence electrons. The van der Waals surface area contributed by atoms with E-state index in [2.05, 4.69) is 0 Å². The van der Waals surface area contributed by atoms with Crippen molar-refractivity contribution in [2.75, 3.05) is 13.4 Å². The maximum atomic E-state index is 13.5. The zero-order valence-corrected chi connectivity index (χ0v) is 9.47. The summed E-state index contributed by atoms with van der Waals surface area (Å²) in [5, 5.41) is 2.85. The lowest BCUT2D eigenvalue weighted by Gasteiger charge is -2.08. The molecule has 1 aromatic heterocycles. The highest BCUT2D eigenvalue weighted by Crippen LogP contribution is 2.39. The van der Waals surface area contributed by atoms with Gasteiger partial charge in [-0.2, -0.15) is 0 Å². The van der Waals surface area contributed by atoms with Gasteiger partial charge in [-0.25, -0.2) is 4.39 Å². The normalized spacial score (nSPS) is 10.8. The lowest BCUT2D eigenvalue weighted by atomic mass is 10.2. The van der Waals surface area contributed by atoms with Crippen molar-refractivity contribution in [2.24, 2.45) is 0 Å². The Morgan fingerprint density at radius 1 is 1.50 bits per heavy atom. The van der Waals surface area contributed by atoms with Crippen molar-refractivity contribution < 1.29 is 9.13 Å². The molecule has 1 heterocycles. The average Bonchev–Trinajstić information content (AvgIpc) is 2.62. The summed E-state index contributed by atoms with van der Waals surface area (Å²) in [4.78, 5) is 0.586. The molecule has 0 aliphatic heterocycles. The molecule has 14 heavy (non-hydrogen) atoms. The fourth-order valence-electron chi connectivity index (χ4n) is 1.41. The highest BCUT2D eigenvalue weighted by Gasteiger charge is 2.14. The van der Waals surface area contributed by atoms with Crippen molar-refractivity contribution in [1.29, 1.82) is 0 Å². The van der Waals surface area contributed by atoms with Crippen LogP contribution in [0.2, 0.25) is 0 Å². The van der Waals surface area contributed by atoms with Crippen molar-refractivity contribution >= 4 is 33.2 Å². The minimum Gasteiger partial charge on any atom is -0.494 e. The summed E-state index contributed by atoms with van der Waals surface area (Å²) in [7, 11) is 1.58. The van der Waals surface area contributed by atoms with Crippen LogP contribution in [0.4, 0.5) is 4.39 Å². The number of thiophene rings is 1. The number of benzene rings is 1. The molecule has 0 spiro atoms. The van der Waals surface area contributed by atoms with Gasteiger partial charge >= 0.3 is 0 Å². The van der Waals surface area contributed by atoms with E-state index >= 15 is 0 Å². The van der Waals surface area contributed by atoms with Crippen LogP contribution >= 0.6 is 23.1 Å². The molecule has 0 amide bonds. The van der Waals surface area contributed by atoms with Gasteiger partial charge < -0.3 is 4.74 Å². The first-order valence-electron chi connectivity index (χ1n) is 4.05. The molecule has 0 fully saturated rings. The van der Waals surface area contributed by atoms with E-state index in [0.717, 1.165) is 10.1 Å². The quantitative estimate of drug-likeness (QED) is 0.724. The second-order valence-corrected chi connectivity index (χ2v) is 4.50. The fraction of sp³-hybridized carbons (Fsp3) is 0.200. The Morgan fingerprint density at radius 3 is 2.93 bits per heavy atom. The molecule has 0 bridgehead atoms. The molecule has 0 aliphatic carbocycles. The van der Waals surface area contributed by atoms with E-state index in [4.69, 9.17) is 4.74 Å². The summed E-state index contributed by atoms with van der Waals surface area (Å²) >= 11 is 2.94. The summed E-state index contributed by atoms with van der Waals surface area (Å²) in [5.41, 5.74) is 0. The molecule has 0 saturated heterocycles. The number of thioether (sulfide) groups is 1. The molecule has 4 heteroatoms. The van der Waals surface area contributed by atoms with Crippen LogP contribution in [0.5, 0.6) is 5.75 Å². The van der Waals surface area contributed by atoms with E-state index in [1.807, 2.05) is 17.7 Å². The van der Waals surface area contributed by atoms with Gasteiger partial charge in [0.15, 0.2) is 5.75 Å². The largest absolute Gasteiger partial charge is 0.494 e. The predicted octanol–water partition coefficient (Wildman–Crippen LogP) is 3.77. The average molecular weight is 228 g/mol. The third kappa shape index (κ3) is 1.38. The molecule has 2 aromatic rings. The Bertz CT molecular complexity index is 464. The van der Waals surface area contributed by atoms with Crippen molar-refractivity contribution in [1.82, 2.24) is 0 Å². The number of hydrogen-bond donors (Lipinski definition) is 0. The zero-order valence-electron chi connectivity index (χ0n) is 7.83. The summed E-state index contributed by atoms with van der Waals surface area (Å²) in [6, 6.07) is 3.45. The van der Waals surface area contributed by atoms with Crippen LogP contribution in [0, 0.1) is 5.82 Å². The SMILES string of the molecule is COc1c(SC)c(F)cc2ccsc12. The van der Waals surface area contributed by atoms with Crippen molar-refractivity contribution in [3.63, 3.8) is 0 Å². The van der Waals surface area contributed by atoms with E-state index in [1.165, 1.54) is 11.8 Å². The van der Waals surface area contributed by atoms with Gasteiger partial charge in [0, 0.05) is 0 Å². The van der Waals surface area contributed by atoms with Crippen LogP contribution < -0.4 is 4.74 Å². The van der Waals surface area contributed by atoms with Gasteiger partial charge in [-0.15, -0.1) is 23.1 Å². The van der Waals surface area contributed by atoms with Gasteiger partial charge in [-0.05, 0) is 29.2 Å². The summed E-state index contributed by atoms with van der Waals surface area (Å²) < 4.78 is 19.8. The second kappa shape index (κ2) is 3.79. The summed E-state index contributed by atoms with van der Waals surface area (Å²) in [5.74, 6) is 0.447. The Labute approximate surface area is 89.9 Å². The van der Waals surface area contributed by atoms with Gasteiger partial charge in [0.2, 0.25) is 0 Å². The molecular weight excluding hydrogens is 219 g/mol. The lowest BCUT2D eigenvalue weighted by Crippen LogP contribution is -1.89. The number of rotatable bonds is 2. The highest BCUT2D eigenvalue weighted by molar-refractivity contribution is 7.98. The molecule has 0 aliphatic rings. The molecular formula is C10H9FOS2. The minimum atomic E-state index is -0.208. The Kier molecular flexibility index (Phi) is 2.65. The topological polar surface area (TPSA) is 9.23 Å². The van der Waals surface area contributed by atoms with E-state index in [0.29, 0.717) is 10.6 Å². The maximum absolute atomic E-state index is 13.5. The number of hydrogen-bond acceptors (Lipinski definition) is 3. The lowest BCUT2D eigenvalue weighted by molar-refractivity contribution is 0.404. The van der Waals surface area contributed by atoms with Crippen LogP contribution in [0.15, 0.2) is 22.4 Å². The monoisotopic (exact) mass is 228 g/mol. The smallest absolute Gasteiger partial charge is 0.153 e. The molecule has 0 saturated carbocycles. The molecule has 0 unspecified atom stereocenters. The number of methoxy groups -OCH3 is 1. The first-order chi connectivity index (χ1) is 6.77. The molecule has 1 nitrogen and oxygen atoms in total. The van der Waals surface area contributed by atoms with Crippen molar-refractivity contribution in [3.8, 4) is 5.75 Å². The number of fused-ring (bicyclic) bond motifs is 1. The van der Waals surface area contributed by atoms with Gasteiger partial charge in [0.25, 0.3) is 0 Å². The summed E-state index contributed by atoms with van der Waals surface area (Å²) in [6.07, 6.45) is 1.85.